The third-order valence-corrected chi connectivity index (χ3v) is 3.70. The molecular formula is C15H14O5S. The van der Waals surface area contributed by atoms with Crippen LogP contribution in [0.5, 0.6) is 11.5 Å². The van der Waals surface area contributed by atoms with Crippen LogP contribution in [0.15, 0.2) is 47.4 Å². The first kappa shape index (κ1) is 15.1. The monoisotopic (exact) mass is 306 g/mol. The van der Waals surface area contributed by atoms with Gasteiger partial charge >= 0.3 is 5.97 Å². The Morgan fingerprint density at radius 3 is 2.43 bits per heavy atom. The summed E-state index contributed by atoms with van der Waals surface area (Å²) in [6.45, 7) is 1.92. The van der Waals surface area contributed by atoms with E-state index in [9.17, 15) is 14.1 Å². The Bertz CT molecular complexity index is 679. The van der Waals surface area contributed by atoms with Crippen molar-refractivity contribution in [1.82, 2.24) is 0 Å². The van der Waals surface area contributed by atoms with E-state index < -0.39 is 17.0 Å². The Morgan fingerprint density at radius 1 is 1.14 bits per heavy atom. The van der Waals surface area contributed by atoms with Gasteiger partial charge < -0.3 is 14.0 Å². The molecule has 0 radical (unpaired) electrons. The largest absolute Gasteiger partial charge is 0.508 e. The van der Waals surface area contributed by atoms with Gasteiger partial charge in [0.05, 0.1) is 17.6 Å². The van der Waals surface area contributed by atoms with Crippen molar-refractivity contribution in [2.75, 3.05) is 7.11 Å². The summed E-state index contributed by atoms with van der Waals surface area (Å²) in [6, 6.07) is 10.9. The van der Waals surface area contributed by atoms with Crippen LogP contribution in [0, 0.1) is 6.92 Å². The fraction of sp³-hybridized carbons (Fsp3) is 0.133. The average molecular weight is 306 g/mol. The zero-order valence-corrected chi connectivity index (χ0v) is 12.3. The zero-order valence-electron chi connectivity index (χ0n) is 11.5. The Kier molecular flexibility index (Phi) is 4.59. The quantitative estimate of drug-likeness (QED) is 0.879. The van der Waals surface area contributed by atoms with E-state index in [1.165, 1.54) is 25.3 Å². The number of hydrogen-bond donors (Lipinski definition) is 1. The molecule has 0 saturated heterocycles. The molecule has 2 aromatic rings. The van der Waals surface area contributed by atoms with E-state index in [0.717, 1.165) is 5.56 Å². The predicted molar refractivity (Wildman–Crippen MR) is 77.7 cm³/mol. The molecule has 21 heavy (non-hydrogen) atoms. The minimum absolute atomic E-state index is 0.119. The van der Waals surface area contributed by atoms with Crippen LogP contribution in [0.4, 0.5) is 0 Å². The number of phenols is 1. The van der Waals surface area contributed by atoms with Gasteiger partial charge in [-0.25, -0.2) is 9.00 Å². The lowest BCUT2D eigenvalue weighted by Gasteiger charge is -2.07. The normalized spacial score (nSPS) is 11.7. The van der Waals surface area contributed by atoms with Crippen molar-refractivity contribution in [2.24, 2.45) is 0 Å². The second-order valence-electron chi connectivity index (χ2n) is 4.34. The maximum Gasteiger partial charge on any atom is 0.338 e. The summed E-state index contributed by atoms with van der Waals surface area (Å²) in [7, 11) is 1.23. The van der Waals surface area contributed by atoms with E-state index >= 15 is 0 Å². The van der Waals surface area contributed by atoms with Gasteiger partial charge in [-0.3, -0.25) is 0 Å². The van der Waals surface area contributed by atoms with E-state index in [1.807, 2.05) is 19.1 Å². The van der Waals surface area contributed by atoms with Crippen molar-refractivity contribution in [2.45, 2.75) is 11.8 Å². The first-order valence-corrected chi connectivity index (χ1v) is 7.16. The summed E-state index contributed by atoms with van der Waals surface area (Å²) in [5.41, 5.74) is 1.16. The first-order valence-electron chi connectivity index (χ1n) is 6.09. The molecule has 0 saturated carbocycles. The molecule has 110 valence electrons. The minimum atomic E-state index is -1.74. The number of rotatable bonds is 4. The van der Waals surface area contributed by atoms with Crippen molar-refractivity contribution < 1.29 is 23.0 Å². The summed E-state index contributed by atoms with van der Waals surface area (Å²) in [5, 5.41) is 9.57. The van der Waals surface area contributed by atoms with Crippen LogP contribution in [0.3, 0.4) is 0 Å². The zero-order chi connectivity index (χ0) is 15.4. The molecule has 1 atom stereocenters. The summed E-state index contributed by atoms with van der Waals surface area (Å²) in [6.07, 6.45) is 0. The molecule has 2 rings (SSSR count). The van der Waals surface area contributed by atoms with Gasteiger partial charge in [-0.05, 0) is 31.2 Å². The van der Waals surface area contributed by atoms with Gasteiger partial charge in [0, 0.05) is 6.07 Å². The molecule has 0 aliphatic rings. The van der Waals surface area contributed by atoms with Crippen LogP contribution in [-0.4, -0.2) is 22.4 Å². The highest BCUT2D eigenvalue weighted by atomic mass is 32.2. The molecule has 1 N–H and O–H groups in total. The lowest BCUT2D eigenvalue weighted by atomic mass is 10.2. The molecule has 0 spiro atoms. The number of benzene rings is 2. The molecule has 0 amide bonds. The number of carbonyl (C=O) groups excluding carboxylic acids is 1. The number of hydrogen-bond acceptors (Lipinski definition) is 5. The van der Waals surface area contributed by atoms with Crippen molar-refractivity contribution >= 4 is 17.0 Å². The number of methoxy groups -OCH3 is 1. The van der Waals surface area contributed by atoms with Crippen molar-refractivity contribution in [3.8, 4) is 11.5 Å². The number of aryl methyl sites for hydroxylation is 1. The number of esters is 1. The first-order chi connectivity index (χ1) is 9.99. The highest BCUT2D eigenvalue weighted by molar-refractivity contribution is 7.80. The SMILES string of the molecule is COC(=O)c1cc(O)cc(OS(=O)c2ccc(C)cc2)c1. The van der Waals surface area contributed by atoms with Crippen LogP contribution in [0.25, 0.3) is 0 Å². The second-order valence-corrected chi connectivity index (χ2v) is 5.45. The predicted octanol–water partition coefficient (Wildman–Crippen LogP) is 2.59. The molecule has 0 heterocycles. The van der Waals surface area contributed by atoms with Crippen molar-refractivity contribution in [3.63, 3.8) is 0 Å². The van der Waals surface area contributed by atoms with Crippen LogP contribution >= 0.6 is 0 Å². The van der Waals surface area contributed by atoms with Gasteiger partial charge in [0.15, 0.2) is 0 Å². The molecule has 0 aliphatic carbocycles. The van der Waals surface area contributed by atoms with Crippen LogP contribution in [-0.2, 0) is 15.8 Å². The average Bonchev–Trinajstić information content (AvgIpc) is 2.46. The standard InChI is InChI=1S/C15H14O5S/c1-10-3-5-14(6-4-10)21(18)20-13-8-11(15(17)19-2)7-12(16)9-13/h3-9,16H,1-2H3. The molecule has 0 fully saturated rings. The number of phenolic OH excluding ortho intramolecular Hbond substituents is 1. The second kappa shape index (κ2) is 6.41. The Labute approximate surface area is 124 Å². The third-order valence-electron chi connectivity index (χ3n) is 2.70. The Hall–Kier alpha value is -2.34. The Morgan fingerprint density at radius 2 is 1.81 bits per heavy atom. The number of ether oxygens (including phenoxy) is 1. The Balaban J connectivity index is 2.23. The van der Waals surface area contributed by atoms with E-state index in [0.29, 0.717) is 4.90 Å². The highest BCUT2D eigenvalue weighted by Gasteiger charge is 2.12. The summed E-state index contributed by atoms with van der Waals surface area (Å²) >= 11 is -1.74. The van der Waals surface area contributed by atoms with Gasteiger partial charge in [-0.2, -0.15) is 0 Å². The van der Waals surface area contributed by atoms with Crippen LogP contribution in [0.2, 0.25) is 0 Å². The maximum absolute atomic E-state index is 12.1. The van der Waals surface area contributed by atoms with E-state index in [-0.39, 0.29) is 17.1 Å². The van der Waals surface area contributed by atoms with Gasteiger partial charge in [0.1, 0.15) is 11.5 Å². The molecule has 0 aromatic heterocycles. The third kappa shape index (κ3) is 3.82. The summed E-state index contributed by atoms with van der Waals surface area (Å²) < 4.78 is 21.9. The van der Waals surface area contributed by atoms with Gasteiger partial charge in [-0.15, -0.1) is 0 Å². The maximum atomic E-state index is 12.1. The highest BCUT2D eigenvalue weighted by Crippen LogP contribution is 2.24. The lowest BCUT2D eigenvalue weighted by Crippen LogP contribution is -2.04. The fourth-order valence-electron chi connectivity index (χ4n) is 1.65. The lowest BCUT2D eigenvalue weighted by molar-refractivity contribution is 0.0600. The molecular weight excluding hydrogens is 292 g/mol. The molecule has 0 bridgehead atoms. The summed E-state index contributed by atoms with van der Waals surface area (Å²) in [4.78, 5) is 11.9. The molecule has 0 aliphatic heterocycles. The number of carbonyl (C=O) groups is 1. The minimum Gasteiger partial charge on any atom is -0.508 e. The number of aromatic hydroxyl groups is 1. The molecule has 2 aromatic carbocycles. The van der Waals surface area contributed by atoms with E-state index in [2.05, 4.69) is 4.74 Å². The molecule has 6 heteroatoms. The fourth-order valence-corrected chi connectivity index (χ4v) is 2.38. The molecule has 1 unspecified atom stereocenters. The van der Waals surface area contributed by atoms with E-state index in [1.54, 1.807) is 12.1 Å². The van der Waals surface area contributed by atoms with E-state index in [4.69, 9.17) is 4.18 Å². The van der Waals surface area contributed by atoms with Gasteiger partial charge in [-0.1, -0.05) is 17.7 Å². The topological polar surface area (TPSA) is 72.8 Å². The van der Waals surface area contributed by atoms with Crippen molar-refractivity contribution in [3.05, 3.63) is 53.6 Å². The van der Waals surface area contributed by atoms with Crippen LogP contribution < -0.4 is 4.18 Å². The van der Waals surface area contributed by atoms with Gasteiger partial charge in [0.2, 0.25) is 11.1 Å². The smallest absolute Gasteiger partial charge is 0.338 e. The van der Waals surface area contributed by atoms with Crippen molar-refractivity contribution in [1.29, 1.82) is 0 Å². The molecule has 5 nitrogen and oxygen atoms in total. The summed E-state index contributed by atoms with van der Waals surface area (Å²) in [5.74, 6) is -0.667. The van der Waals surface area contributed by atoms with Gasteiger partial charge in [0.25, 0.3) is 0 Å². The van der Waals surface area contributed by atoms with Crippen LogP contribution in [0.1, 0.15) is 15.9 Å².